The molecule has 1 radical (unpaired) electrons. The van der Waals surface area contributed by atoms with Gasteiger partial charge in [-0.25, -0.2) is 0 Å². The van der Waals surface area contributed by atoms with Gasteiger partial charge in [0.15, 0.2) is 7.28 Å². The summed E-state index contributed by atoms with van der Waals surface area (Å²) >= 11 is 0. The number of hydrogen-bond acceptors (Lipinski definition) is 0. The monoisotopic (exact) mass is 373 g/mol. The molecular weight excluding hydrogens is 358 g/mol. The van der Waals surface area contributed by atoms with Crippen molar-refractivity contribution in [1.29, 1.82) is 0 Å². The summed E-state index contributed by atoms with van der Waals surface area (Å²) in [5, 5.41) is 0. The van der Waals surface area contributed by atoms with Crippen molar-refractivity contribution in [2.24, 2.45) is 0 Å². The standard InChI is InChI=1S/C12H10B.4FH.HI/c1-3-7-11(8-4-1)13-12-9-5-2-6-10-12;;;;;/h1-10H;5*1H. The fourth-order valence-corrected chi connectivity index (χ4v) is 1.29. The average molecular weight is 373 g/mol. The van der Waals surface area contributed by atoms with Crippen LogP contribution < -0.4 is 10.9 Å². The highest BCUT2D eigenvalue weighted by molar-refractivity contribution is 14.0. The van der Waals surface area contributed by atoms with Crippen molar-refractivity contribution in [1.82, 2.24) is 0 Å². The molecule has 0 aromatic heterocycles. The Labute approximate surface area is 122 Å². The van der Waals surface area contributed by atoms with E-state index in [0.717, 1.165) is 0 Å². The molecule has 2 aromatic rings. The van der Waals surface area contributed by atoms with Crippen molar-refractivity contribution in [3.8, 4) is 0 Å². The lowest BCUT2D eigenvalue weighted by Gasteiger charge is -1.98. The minimum absolute atomic E-state index is 0. The molecule has 0 saturated carbocycles. The maximum Gasteiger partial charge on any atom is 0.191 e. The summed E-state index contributed by atoms with van der Waals surface area (Å²) in [5.74, 6) is 0. The lowest BCUT2D eigenvalue weighted by Crippen LogP contribution is -2.26. The number of hydrogen-bond donors (Lipinski definition) is 0. The SMILES string of the molecule is F.F.F.F.I.[B](c1ccccc1)c1ccccc1. The Morgan fingerprint density at radius 2 is 0.778 bits per heavy atom. The first-order valence-electron chi connectivity index (χ1n) is 4.40. The molecule has 0 nitrogen and oxygen atoms in total. The van der Waals surface area contributed by atoms with Crippen LogP contribution in [0, 0.1) is 0 Å². The summed E-state index contributed by atoms with van der Waals surface area (Å²) in [5.41, 5.74) is 2.49. The van der Waals surface area contributed by atoms with Gasteiger partial charge in [-0.05, 0) is 0 Å². The van der Waals surface area contributed by atoms with Crippen LogP contribution in [0.4, 0.5) is 18.8 Å². The lowest BCUT2D eigenvalue weighted by molar-refractivity contribution is 1.11. The molecule has 0 amide bonds. The van der Waals surface area contributed by atoms with E-state index < -0.39 is 0 Å². The van der Waals surface area contributed by atoms with Gasteiger partial charge in [0.2, 0.25) is 0 Å². The summed E-state index contributed by atoms with van der Waals surface area (Å²) in [6, 6.07) is 20.7. The van der Waals surface area contributed by atoms with Crippen LogP contribution in [0.3, 0.4) is 0 Å². The normalized spacial score (nSPS) is 6.89. The number of benzene rings is 2. The van der Waals surface area contributed by atoms with E-state index in [1.165, 1.54) is 10.9 Å². The quantitative estimate of drug-likeness (QED) is 0.432. The Hall–Kier alpha value is -1.05. The average Bonchev–Trinajstić information content (AvgIpc) is 2.21. The summed E-state index contributed by atoms with van der Waals surface area (Å²) in [6.45, 7) is 0. The third-order valence-electron chi connectivity index (χ3n) is 1.93. The van der Waals surface area contributed by atoms with Crippen LogP contribution in [-0.2, 0) is 0 Å². The van der Waals surface area contributed by atoms with E-state index in [2.05, 4.69) is 55.8 Å². The van der Waals surface area contributed by atoms with Crippen LogP contribution in [0.5, 0.6) is 0 Å². The molecular formula is C12H15BF4I. The first kappa shape index (κ1) is 25.7. The molecule has 0 fully saturated rings. The van der Waals surface area contributed by atoms with Gasteiger partial charge in [0.05, 0.1) is 0 Å². The van der Waals surface area contributed by atoms with Crippen LogP contribution in [0.15, 0.2) is 60.7 Å². The molecule has 0 saturated heterocycles. The van der Waals surface area contributed by atoms with E-state index in [-0.39, 0.29) is 42.8 Å². The molecule has 0 unspecified atom stereocenters. The zero-order valence-electron chi connectivity index (χ0n) is 9.39. The Bertz CT molecular complexity index is 335. The molecule has 0 spiro atoms. The Morgan fingerprint density at radius 1 is 0.500 bits per heavy atom. The largest absolute Gasteiger partial charge is 0.269 e. The first-order valence-corrected chi connectivity index (χ1v) is 4.40. The van der Waals surface area contributed by atoms with Crippen molar-refractivity contribution in [3.63, 3.8) is 0 Å². The fourth-order valence-electron chi connectivity index (χ4n) is 1.29. The van der Waals surface area contributed by atoms with Crippen LogP contribution in [0.2, 0.25) is 0 Å². The van der Waals surface area contributed by atoms with Crippen molar-refractivity contribution >= 4 is 42.2 Å². The molecule has 2 aromatic carbocycles. The Balaban J connectivity index is -0.000000196. The molecule has 0 N–H and O–H groups in total. The van der Waals surface area contributed by atoms with E-state index in [9.17, 15) is 0 Å². The first-order chi connectivity index (χ1) is 6.45. The van der Waals surface area contributed by atoms with Gasteiger partial charge in [0, 0.05) is 0 Å². The summed E-state index contributed by atoms with van der Waals surface area (Å²) in [6.07, 6.45) is 0. The molecule has 0 aliphatic rings. The topological polar surface area (TPSA) is 0 Å². The van der Waals surface area contributed by atoms with E-state index in [1.54, 1.807) is 0 Å². The van der Waals surface area contributed by atoms with Gasteiger partial charge in [0.25, 0.3) is 0 Å². The third-order valence-corrected chi connectivity index (χ3v) is 1.93. The molecule has 0 aliphatic heterocycles. The van der Waals surface area contributed by atoms with Gasteiger partial charge in [-0.1, -0.05) is 71.6 Å². The van der Waals surface area contributed by atoms with Crippen molar-refractivity contribution in [3.05, 3.63) is 60.7 Å². The zero-order chi connectivity index (χ0) is 8.93. The highest BCUT2D eigenvalue weighted by Crippen LogP contribution is 1.84. The molecule has 0 bridgehead atoms. The second-order valence-corrected chi connectivity index (χ2v) is 2.97. The lowest BCUT2D eigenvalue weighted by atomic mass is 9.64. The maximum absolute atomic E-state index is 2.17. The van der Waals surface area contributed by atoms with Crippen LogP contribution in [0.1, 0.15) is 0 Å². The molecule has 0 aliphatic carbocycles. The fraction of sp³-hybridized carbons (Fsp3) is 0. The van der Waals surface area contributed by atoms with Crippen LogP contribution in [0.25, 0.3) is 0 Å². The van der Waals surface area contributed by atoms with Crippen molar-refractivity contribution in [2.75, 3.05) is 0 Å². The minimum Gasteiger partial charge on any atom is -0.269 e. The highest BCUT2D eigenvalue weighted by Gasteiger charge is 1.95. The predicted octanol–water partition coefficient (Wildman–Crippen LogP) is 2.57. The summed E-state index contributed by atoms with van der Waals surface area (Å²) in [7, 11) is 2.17. The van der Waals surface area contributed by atoms with E-state index in [4.69, 9.17) is 0 Å². The Kier molecular flexibility index (Phi) is 20.0. The van der Waals surface area contributed by atoms with Gasteiger partial charge in [-0.3, -0.25) is 18.8 Å². The van der Waals surface area contributed by atoms with Gasteiger partial charge in [-0.15, -0.1) is 24.0 Å². The molecule has 101 valence electrons. The molecule has 18 heavy (non-hydrogen) atoms. The summed E-state index contributed by atoms with van der Waals surface area (Å²) < 4.78 is 0. The molecule has 0 atom stereocenters. The van der Waals surface area contributed by atoms with Crippen molar-refractivity contribution < 1.29 is 18.8 Å². The molecule has 6 heteroatoms. The Morgan fingerprint density at radius 3 is 1.06 bits per heavy atom. The van der Waals surface area contributed by atoms with E-state index >= 15 is 0 Å². The van der Waals surface area contributed by atoms with Crippen LogP contribution in [-0.4, -0.2) is 7.28 Å². The predicted molar refractivity (Wildman–Crippen MR) is 83.3 cm³/mol. The van der Waals surface area contributed by atoms with E-state index in [1.807, 2.05) is 12.1 Å². The number of rotatable bonds is 2. The zero-order valence-corrected chi connectivity index (χ0v) is 11.7. The maximum atomic E-state index is 2.17. The number of halogens is 5. The second kappa shape index (κ2) is 14.0. The smallest absolute Gasteiger partial charge is 0.191 e. The molecule has 0 heterocycles. The van der Waals surface area contributed by atoms with Gasteiger partial charge in [0.1, 0.15) is 0 Å². The van der Waals surface area contributed by atoms with Crippen molar-refractivity contribution in [2.45, 2.75) is 0 Å². The third kappa shape index (κ3) is 8.11. The minimum atomic E-state index is 0. The van der Waals surface area contributed by atoms with Gasteiger partial charge in [-0.2, -0.15) is 0 Å². The second-order valence-electron chi connectivity index (χ2n) is 2.97. The summed E-state index contributed by atoms with van der Waals surface area (Å²) in [4.78, 5) is 0. The molecule has 2 rings (SSSR count). The van der Waals surface area contributed by atoms with Crippen LogP contribution >= 0.6 is 24.0 Å². The van der Waals surface area contributed by atoms with Gasteiger partial charge < -0.3 is 0 Å². The highest BCUT2D eigenvalue weighted by atomic mass is 127. The van der Waals surface area contributed by atoms with E-state index in [0.29, 0.717) is 0 Å². The van der Waals surface area contributed by atoms with Gasteiger partial charge >= 0.3 is 0 Å².